The molecule has 2 fully saturated rings. The topological polar surface area (TPSA) is 73.0 Å². The first-order valence-electron chi connectivity index (χ1n) is 11.8. The molecule has 37 heavy (non-hydrogen) atoms. The molecule has 0 radical (unpaired) electrons. The molecule has 7 nitrogen and oxygen atoms in total. The number of halogens is 3. The maximum Gasteiger partial charge on any atom is 0.326 e. The van der Waals surface area contributed by atoms with E-state index in [0.717, 1.165) is 6.42 Å². The van der Waals surface area contributed by atoms with Gasteiger partial charge in [-0.15, -0.1) is 0 Å². The quantitative estimate of drug-likeness (QED) is 0.428. The smallest absolute Gasteiger partial charge is 0.326 e. The molecule has 2 amide bonds. The second-order valence-electron chi connectivity index (χ2n) is 9.57. The zero-order valence-electron chi connectivity index (χ0n) is 19.8. The number of hydrogen-bond donors (Lipinski definition) is 1. The molecule has 2 bridgehead atoms. The fourth-order valence-corrected chi connectivity index (χ4v) is 8.14. The summed E-state index contributed by atoms with van der Waals surface area (Å²) in [5.74, 6) is 0. The Morgan fingerprint density at radius 2 is 1.59 bits per heavy atom. The van der Waals surface area contributed by atoms with Crippen LogP contribution in [0.1, 0.15) is 12.0 Å². The Kier molecular flexibility index (Phi) is 6.18. The number of urea groups is 1. The van der Waals surface area contributed by atoms with Crippen LogP contribution in [0.3, 0.4) is 0 Å². The van der Waals surface area contributed by atoms with Crippen molar-refractivity contribution in [3.05, 3.63) is 75.2 Å². The third kappa shape index (κ3) is 4.02. The first-order chi connectivity index (χ1) is 17.7. The number of piperazine rings is 1. The molecule has 192 valence electrons. The largest absolute Gasteiger partial charge is 0.333 e. The SMILES string of the molecule is CN1CC2CC1CN2S(=O)(=O)c1cc(-c2ccccc2Cl)c2c(c1)N(c1c(Cl)cccc1Cl)C(=O)NC2. The molecular weight excluding hydrogens is 555 g/mol. The number of hydrogen-bond acceptors (Lipinski definition) is 4. The molecule has 0 aliphatic carbocycles. The maximum atomic E-state index is 14.0. The number of likely N-dealkylation sites (N-methyl/N-ethyl adjacent to an activating group) is 1. The van der Waals surface area contributed by atoms with Gasteiger partial charge in [0.15, 0.2) is 0 Å². The Bertz CT molecular complexity index is 1530. The van der Waals surface area contributed by atoms with Gasteiger partial charge in [0.1, 0.15) is 0 Å². The molecule has 3 aromatic rings. The van der Waals surface area contributed by atoms with Crippen LogP contribution in [0.2, 0.25) is 15.1 Å². The molecule has 6 rings (SSSR count). The number of anilines is 2. The molecule has 3 aliphatic rings. The predicted molar refractivity (Wildman–Crippen MR) is 146 cm³/mol. The Labute approximate surface area is 230 Å². The first-order valence-corrected chi connectivity index (χ1v) is 14.4. The van der Waals surface area contributed by atoms with E-state index in [0.29, 0.717) is 40.5 Å². The molecule has 2 saturated heterocycles. The van der Waals surface area contributed by atoms with E-state index in [1.54, 1.807) is 40.7 Å². The first kappa shape index (κ1) is 25.0. The summed E-state index contributed by atoms with van der Waals surface area (Å²) in [6.07, 6.45) is 0.807. The number of nitrogens with one attached hydrogen (secondary N) is 1. The Balaban J connectivity index is 1.59. The number of rotatable bonds is 4. The summed E-state index contributed by atoms with van der Waals surface area (Å²) >= 11 is 19.6. The molecule has 3 heterocycles. The van der Waals surface area contributed by atoms with Crippen molar-refractivity contribution in [3.8, 4) is 11.1 Å². The van der Waals surface area contributed by atoms with Crippen LogP contribution in [0.15, 0.2) is 59.5 Å². The lowest BCUT2D eigenvalue weighted by atomic mass is 9.96. The average molecular weight is 578 g/mol. The fraction of sp³-hybridized carbons (Fsp3) is 0.269. The summed E-state index contributed by atoms with van der Waals surface area (Å²) in [7, 11) is -1.85. The zero-order valence-corrected chi connectivity index (χ0v) is 22.9. The molecule has 2 unspecified atom stereocenters. The van der Waals surface area contributed by atoms with Crippen molar-refractivity contribution in [2.45, 2.75) is 29.9 Å². The highest BCUT2D eigenvalue weighted by molar-refractivity contribution is 7.89. The second kappa shape index (κ2) is 9.15. The summed E-state index contributed by atoms with van der Waals surface area (Å²) in [5.41, 5.74) is 2.69. The van der Waals surface area contributed by atoms with Crippen LogP contribution in [0, 0.1) is 0 Å². The van der Waals surface area contributed by atoms with Gasteiger partial charge in [0.25, 0.3) is 0 Å². The van der Waals surface area contributed by atoms with Gasteiger partial charge in [-0.2, -0.15) is 4.31 Å². The van der Waals surface area contributed by atoms with E-state index in [-0.39, 0.29) is 39.3 Å². The standard InChI is InChI=1S/C26H23Cl3N4O3S/c1-31-13-16-9-15(31)14-32(16)37(35,36)17-10-19(18-5-2-3-6-21(18)27)20-12-30-26(34)33(24(20)11-17)25-22(28)7-4-8-23(25)29/h2-8,10-11,15-16H,9,12-14H2,1H3,(H,30,34). The van der Waals surface area contributed by atoms with E-state index < -0.39 is 16.1 Å². The minimum Gasteiger partial charge on any atom is -0.333 e. The van der Waals surface area contributed by atoms with Crippen molar-refractivity contribution >= 4 is 62.2 Å². The molecule has 3 aromatic carbocycles. The van der Waals surface area contributed by atoms with Crippen LogP contribution in [0.4, 0.5) is 16.2 Å². The Morgan fingerprint density at radius 1 is 0.892 bits per heavy atom. The number of fused-ring (bicyclic) bond motifs is 3. The molecule has 11 heteroatoms. The van der Waals surface area contributed by atoms with Crippen molar-refractivity contribution in [3.63, 3.8) is 0 Å². The minimum atomic E-state index is -3.87. The van der Waals surface area contributed by atoms with E-state index in [1.807, 2.05) is 25.2 Å². The van der Waals surface area contributed by atoms with Gasteiger partial charge < -0.3 is 10.2 Å². The van der Waals surface area contributed by atoms with Gasteiger partial charge in [0, 0.05) is 47.9 Å². The number of amides is 2. The molecule has 1 N–H and O–H groups in total. The summed E-state index contributed by atoms with van der Waals surface area (Å²) in [4.78, 5) is 16.9. The number of para-hydroxylation sites is 1. The minimum absolute atomic E-state index is 0.0859. The number of benzene rings is 3. The van der Waals surface area contributed by atoms with E-state index in [1.165, 1.54) is 4.90 Å². The van der Waals surface area contributed by atoms with Gasteiger partial charge in [0.2, 0.25) is 10.0 Å². The summed E-state index contributed by atoms with van der Waals surface area (Å²) in [5, 5.41) is 3.88. The van der Waals surface area contributed by atoms with Crippen LogP contribution in [0.5, 0.6) is 0 Å². The van der Waals surface area contributed by atoms with Crippen molar-refractivity contribution in [2.75, 3.05) is 25.0 Å². The molecule has 3 aliphatic heterocycles. The van der Waals surface area contributed by atoms with Crippen molar-refractivity contribution in [1.82, 2.24) is 14.5 Å². The van der Waals surface area contributed by atoms with Crippen LogP contribution in [-0.2, 0) is 16.6 Å². The maximum absolute atomic E-state index is 14.0. The average Bonchev–Trinajstić information content (AvgIpc) is 3.45. The van der Waals surface area contributed by atoms with Crippen LogP contribution < -0.4 is 10.2 Å². The molecular formula is C26H23Cl3N4O3S. The third-order valence-corrected chi connectivity index (χ3v) is 10.3. The molecule has 0 saturated carbocycles. The number of nitrogens with zero attached hydrogens (tertiary/aromatic N) is 3. The normalized spacial score (nSPS) is 21.8. The number of carbonyl (C=O) groups excluding carboxylic acids is 1. The van der Waals surface area contributed by atoms with Gasteiger partial charge in [-0.3, -0.25) is 4.90 Å². The van der Waals surface area contributed by atoms with Gasteiger partial charge in [-0.1, -0.05) is 59.1 Å². The van der Waals surface area contributed by atoms with Gasteiger partial charge in [0.05, 0.1) is 26.3 Å². The summed E-state index contributed by atoms with van der Waals surface area (Å²) in [6, 6.07) is 15.1. The highest BCUT2D eigenvalue weighted by atomic mass is 35.5. The van der Waals surface area contributed by atoms with Crippen LogP contribution >= 0.6 is 34.8 Å². The molecule has 2 atom stereocenters. The van der Waals surface area contributed by atoms with Gasteiger partial charge in [-0.05, 0) is 49.4 Å². The number of carbonyl (C=O) groups is 1. The molecule has 0 aromatic heterocycles. The fourth-order valence-electron chi connectivity index (χ4n) is 5.62. The predicted octanol–water partition coefficient (Wildman–Crippen LogP) is 5.75. The summed E-state index contributed by atoms with van der Waals surface area (Å²) < 4.78 is 29.7. The monoisotopic (exact) mass is 576 g/mol. The van der Waals surface area contributed by atoms with E-state index in [9.17, 15) is 13.2 Å². The third-order valence-electron chi connectivity index (χ3n) is 7.46. The molecule has 0 spiro atoms. The Morgan fingerprint density at radius 3 is 2.24 bits per heavy atom. The highest BCUT2D eigenvalue weighted by Crippen LogP contribution is 2.46. The Hall–Kier alpha value is -2.33. The summed E-state index contributed by atoms with van der Waals surface area (Å²) in [6.45, 7) is 1.31. The van der Waals surface area contributed by atoms with Crippen LogP contribution in [-0.4, -0.2) is 55.9 Å². The van der Waals surface area contributed by atoms with Crippen LogP contribution in [0.25, 0.3) is 11.1 Å². The lowest BCUT2D eigenvalue weighted by molar-refractivity contribution is 0.216. The van der Waals surface area contributed by atoms with Crippen molar-refractivity contribution in [2.24, 2.45) is 0 Å². The highest BCUT2D eigenvalue weighted by Gasteiger charge is 2.47. The zero-order chi connectivity index (χ0) is 26.1. The van der Waals surface area contributed by atoms with Gasteiger partial charge in [-0.25, -0.2) is 13.2 Å². The van der Waals surface area contributed by atoms with E-state index in [2.05, 4.69) is 10.2 Å². The van der Waals surface area contributed by atoms with E-state index in [4.69, 9.17) is 34.8 Å². The number of likely N-dealkylation sites (tertiary alicyclic amines) is 1. The van der Waals surface area contributed by atoms with Gasteiger partial charge >= 0.3 is 6.03 Å². The number of sulfonamides is 1. The van der Waals surface area contributed by atoms with Crippen molar-refractivity contribution < 1.29 is 13.2 Å². The second-order valence-corrected chi connectivity index (χ2v) is 12.7. The lowest BCUT2D eigenvalue weighted by Gasteiger charge is -2.34. The lowest BCUT2D eigenvalue weighted by Crippen LogP contribution is -2.47. The van der Waals surface area contributed by atoms with E-state index >= 15 is 0 Å². The van der Waals surface area contributed by atoms with Crippen molar-refractivity contribution in [1.29, 1.82) is 0 Å².